The van der Waals surface area contributed by atoms with Crippen molar-refractivity contribution in [3.8, 4) is 0 Å². The van der Waals surface area contributed by atoms with Crippen molar-refractivity contribution >= 4 is 17.7 Å². The van der Waals surface area contributed by atoms with Crippen LogP contribution >= 0.6 is 0 Å². The minimum Gasteiger partial charge on any atom is -0.343 e. The van der Waals surface area contributed by atoms with Crippen molar-refractivity contribution in [3.05, 3.63) is 107 Å². The minimum absolute atomic E-state index is 0.298. The number of nitrogens with zero attached hydrogens (tertiary/aromatic N) is 1. The predicted octanol–water partition coefficient (Wildman–Crippen LogP) is 3.24. The number of hydrogen-bond acceptors (Lipinski definition) is 4. The molecule has 2 aliphatic heterocycles. The lowest BCUT2D eigenvalue weighted by Crippen LogP contribution is -2.57. The Hall–Kier alpha value is -3.77. The van der Waals surface area contributed by atoms with Crippen LogP contribution in [0.2, 0.25) is 0 Å². The van der Waals surface area contributed by atoms with Gasteiger partial charge in [-0.05, 0) is 17.7 Å². The van der Waals surface area contributed by atoms with Gasteiger partial charge < -0.3 is 10.1 Å². The van der Waals surface area contributed by atoms with E-state index in [4.69, 9.17) is 4.74 Å². The van der Waals surface area contributed by atoms with Crippen molar-refractivity contribution in [2.24, 2.45) is 0 Å². The van der Waals surface area contributed by atoms with E-state index < -0.39 is 36.1 Å². The third kappa shape index (κ3) is 2.89. The van der Waals surface area contributed by atoms with Crippen LogP contribution in [-0.4, -0.2) is 28.7 Å². The van der Waals surface area contributed by atoms with Crippen LogP contribution in [0.5, 0.6) is 0 Å². The second-order valence-corrected chi connectivity index (χ2v) is 7.24. The molecule has 5 rings (SSSR count). The Bertz CT molecular complexity index is 1100. The van der Waals surface area contributed by atoms with Gasteiger partial charge >= 0.3 is 0 Å². The maximum Gasteiger partial charge on any atom is 0.262 e. The highest BCUT2D eigenvalue weighted by Crippen LogP contribution is 2.37. The Labute approximate surface area is 173 Å². The molecule has 6 heteroatoms. The number of nitrogens with one attached hydrogen (secondary N) is 1. The molecule has 3 aromatic carbocycles. The number of carbonyl (C=O) groups is 3. The molecule has 6 nitrogen and oxygen atoms in total. The van der Waals surface area contributed by atoms with Gasteiger partial charge in [-0.15, -0.1) is 0 Å². The minimum atomic E-state index is -1.11. The molecule has 0 unspecified atom stereocenters. The zero-order chi connectivity index (χ0) is 20.7. The largest absolute Gasteiger partial charge is 0.343 e. The van der Waals surface area contributed by atoms with Crippen LogP contribution in [-0.2, 0) is 9.53 Å². The van der Waals surface area contributed by atoms with Gasteiger partial charge in [-0.3, -0.25) is 19.3 Å². The first-order valence-corrected chi connectivity index (χ1v) is 9.68. The normalized spacial score (nSPS) is 23.3. The van der Waals surface area contributed by atoms with E-state index >= 15 is 0 Å². The third-order valence-corrected chi connectivity index (χ3v) is 5.45. The molecule has 0 saturated carbocycles. The molecular formula is C24H18N2O4. The van der Waals surface area contributed by atoms with Crippen LogP contribution in [0.25, 0.3) is 0 Å². The van der Waals surface area contributed by atoms with Crippen LogP contribution in [0.4, 0.5) is 0 Å². The summed E-state index contributed by atoms with van der Waals surface area (Å²) in [6.45, 7) is 0. The summed E-state index contributed by atoms with van der Waals surface area (Å²) in [5, 5.41) is 2.82. The molecule has 3 atom stereocenters. The van der Waals surface area contributed by atoms with Crippen molar-refractivity contribution in [2.75, 3.05) is 0 Å². The van der Waals surface area contributed by atoms with Gasteiger partial charge in [0.25, 0.3) is 11.8 Å². The van der Waals surface area contributed by atoms with Gasteiger partial charge in [0.2, 0.25) is 5.91 Å². The average Bonchev–Trinajstić information content (AvgIpc) is 3.05. The van der Waals surface area contributed by atoms with Crippen LogP contribution in [0, 0.1) is 0 Å². The smallest absolute Gasteiger partial charge is 0.262 e. The molecule has 3 aromatic rings. The number of amides is 3. The monoisotopic (exact) mass is 398 g/mol. The average molecular weight is 398 g/mol. The van der Waals surface area contributed by atoms with Crippen molar-refractivity contribution in [3.63, 3.8) is 0 Å². The van der Waals surface area contributed by atoms with Gasteiger partial charge in [-0.2, -0.15) is 0 Å². The molecular weight excluding hydrogens is 380 g/mol. The van der Waals surface area contributed by atoms with Crippen LogP contribution < -0.4 is 5.32 Å². The molecule has 148 valence electrons. The van der Waals surface area contributed by atoms with Gasteiger partial charge in [0.15, 0.2) is 6.23 Å². The highest BCUT2D eigenvalue weighted by Gasteiger charge is 2.50. The van der Waals surface area contributed by atoms with Crippen LogP contribution in [0.3, 0.4) is 0 Å². The fourth-order valence-corrected chi connectivity index (χ4v) is 4.01. The number of carbonyl (C=O) groups excluding carboxylic acids is 3. The van der Waals surface area contributed by atoms with E-state index in [-0.39, 0.29) is 0 Å². The molecule has 2 aliphatic rings. The summed E-state index contributed by atoms with van der Waals surface area (Å²) in [6.07, 6.45) is -1.48. The summed E-state index contributed by atoms with van der Waals surface area (Å²) in [7, 11) is 0. The second-order valence-electron chi connectivity index (χ2n) is 7.24. The first kappa shape index (κ1) is 18.3. The number of ether oxygens (including phenoxy) is 1. The van der Waals surface area contributed by atoms with Crippen molar-refractivity contribution < 1.29 is 19.1 Å². The highest BCUT2D eigenvalue weighted by atomic mass is 16.5. The summed E-state index contributed by atoms with van der Waals surface area (Å²) < 4.78 is 6.27. The Kier molecular flexibility index (Phi) is 4.41. The van der Waals surface area contributed by atoms with Gasteiger partial charge in [0.05, 0.1) is 11.1 Å². The molecule has 0 aliphatic carbocycles. The second kappa shape index (κ2) is 7.24. The standard InChI is InChI=1S/C24H18N2O4/c27-21-19(26-23(28)17-13-7-8-14-18(17)24(26)29)20(15-9-3-1-4-10-15)30-22(25-21)16-11-5-2-6-12-16/h1-14,19-20,22H,(H,25,27)/t19-,20+,22-/m1/s1. The predicted molar refractivity (Wildman–Crippen MR) is 108 cm³/mol. The number of fused-ring (bicyclic) bond motifs is 1. The Morgan fingerprint density at radius 3 is 1.73 bits per heavy atom. The number of hydrogen-bond donors (Lipinski definition) is 1. The first-order chi connectivity index (χ1) is 14.6. The van der Waals surface area contributed by atoms with Gasteiger partial charge in [-0.25, -0.2) is 0 Å². The van der Waals surface area contributed by atoms with Crippen LogP contribution in [0.15, 0.2) is 84.9 Å². The highest BCUT2D eigenvalue weighted by molar-refractivity contribution is 6.23. The summed E-state index contributed by atoms with van der Waals surface area (Å²) in [5.41, 5.74) is 2.10. The summed E-state index contributed by atoms with van der Waals surface area (Å²) >= 11 is 0. The molecule has 0 spiro atoms. The number of benzene rings is 3. The van der Waals surface area contributed by atoms with Crippen molar-refractivity contribution in [2.45, 2.75) is 18.4 Å². The molecule has 30 heavy (non-hydrogen) atoms. The Morgan fingerprint density at radius 2 is 1.17 bits per heavy atom. The Morgan fingerprint density at radius 1 is 0.667 bits per heavy atom. The lowest BCUT2D eigenvalue weighted by Gasteiger charge is -2.40. The van der Waals surface area contributed by atoms with E-state index in [1.54, 1.807) is 24.3 Å². The number of imide groups is 1. The SMILES string of the molecule is O=C1N[C@@H](c2ccccc2)O[C@@H](c2ccccc2)[C@H]1N1C(=O)c2ccccc2C1=O. The van der Waals surface area contributed by atoms with E-state index in [1.165, 1.54) is 0 Å². The van der Waals surface area contributed by atoms with E-state index in [0.717, 1.165) is 16.0 Å². The number of rotatable bonds is 3. The fraction of sp³-hybridized carbons (Fsp3) is 0.125. The van der Waals surface area contributed by atoms with Gasteiger partial charge in [-0.1, -0.05) is 72.8 Å². The van der Waals surface area contributed by atoms with E-state index in [9.17, 15) is 14.4 Å². The zero-order valence-corrected chi connectivity index (χ0v) is 15.9. The molecule has 0 aromatic heterocycles. The van der Waals surface area contributed by atoms with Crippen molar-refractivity contribution in [1.82, 2.24) is 10.2 Å². The van der Waals surface area contributed by atoms with E-state index in [0.29, 0.717) is 11.1 Å². The molecule has 0 radical (unpaired) electrons. The maximum atomic E-state index is 13.3. The van der Waals surface area contributed by atoms with Gasteiger partial charge in [0, 0.05) is 5.56 Å². The molecule has 1 saturated heterocycles. The quantitative estimate of drug-likeness (QED) is 0.688. The topological polar surface area (TPSA) is 75.7 Å². The Balaban J connectivity index is 1.56. The summed E-state index contributed by atoms with van der Waals surface area (Å²) in [4.78, 5) is 40.4. The molecule has 1 N–H and O–H groups in total. The van der Waals surface area contributed by atoms with E-state index in [1.807, 2.05) is 60.7 Å². The third-order valence-electron chi connectivity index (χ3n) is 5.45. The lowest BCUT2D eigenvalue weighted by atomic mass is 9.97. The summed E-state index contributed by atoms with van der Waals surface area (Å²) in [6, 6.07) is 24.0. The van der Waals surface area contributed by atoms with E-state index in [2.05, 4.69) is 5.32 Å². The van der Waals surface area contributed by atoms with Crippen LogP contribution in [0.1, 0.15) is 44.2 Å². The maximum absolute atomic E-state index is 13.3. The fourth-order valence-electron chi connectivity index (χ4n) is 4.01. The lowest BCUT2D eigenvalue weighted by molar-refractivity contribution is -0.154. The molecule has 3 amide bonds. The zero-order valence-electron chi connectivity index (χ0n) is 15.9. The molecule has 1 fully saturated rings. The van der Waals surface area contributed by atoms with Crippen molar-refractivity contribution in [1.29, 1.82) is 0 Å². The molecule has 2 heterocycles. The van der Waals surface area contributed by atoms with Gasteiger partial charge in [0.1, 0.15) is 12.1 Å². The molecule has 0 bridgehead atoms. The summed E-state index contributed by atoms with van der Waals surface area (Å²) in [5.74, 6) is -1.41. The first-order valence-electron chi connectivity index (χ1n) is 9.68.